The number of amides is 1. The predicted octanol–water partition coefficient (Wildman–Crippen LogP) is 4.44. The third-order valence-corrected chi connectivity index (χ3v) is 4.49. The van der Waals surface area contributed by atoms with Crippen LogP contribution in [0.3, 0.4) is 0 Å². The summed E-state index contributed by atoms with van der Waals surface area (Å²) in [6, 6.07) is 6.85. The van der Waals surface area contributed by atoms with Crippen LogP contribution in [0, 0.1) is 6.92 Å². The lowest BCUT2D eigenvalue weighted by Gasteiger charge is -2.40. The molecule has 2 aromatic rings. The van der Waals surface area contributed by atoms with E-state index in [1.165, 1.54) is 6.07 Å². The topological polar surface area (TPSA) is 73.3 Å². The highest BCUT2D eigenvalue weighted by molar-refractivity contribution is 6.00. The van der Waals surface area contributed by atoms with Crippen LogP contribution >= 0.6 is 0 Å². The second-order valence-electron chi connectivity index (χ2n) is 6.81. The number of ether oxygens (including phenoxy) is 2. The second kappa shape index (κ2) is 9.73. The Hall–Kier alpha value is -2.61. The van der Waals surface area contributed by atoms with Crippen molar-refractivity contribution in [2.75, 3.05) is 18.5 Å². The third kappa shape index (κ3) is 4.87. The van der Waals surface area contributed by atoms with E-state index in [0.29, 0.717) is 11.4 Å². The highest BCUT2D eigenvalue weighted by Crippen LogP contribution is 2.37. The first-order chi connectivity index (χ1) is 13.8. The van der Waals surface area contributed by atoms with Crippen LogP contribution in [0.1, 0.15) is 50.6 Å². The van der Waals surface area contributed by atoms with Crippen LogP contribution in [0.2, 0.25) is 0 Å². The fraction of sp³-hybridized carbons (Fsp3) is 0.476. The number of anilines is 1. The maximum atomic E-state index is 13.1. The summed E-state index contributed by atoms with van der Waals surface area (Å²) in [7, 11) is 0. The zero-order valence-electron chi connectivity index (χ0n) is 17.3. The number of nitrogens with zero attached hydrogens (tertiary/aromatic N) is 2. The van der Waals surface area contributed by atoms with Crippen LogP contribution < -0.4 is 10.1 Å². The van der Waals surface area contributed by atoms with Gasteiger partial charge < -0.3 is 14.8 Å². The van der Waals surface area contributed by atoms with E-state index in [4.69, 9.17) is 4.74 Å². The van der Waals surface area contributed by atoms with Crippen molar-refractivity contribution in [1.29, 1.82) is 0 Å². The molecule has 3 rings (SSSR count). The summed E-state index contributed by atoms with van der Waals surface area (Å²) in [5.41, 5.74) is 1.19. The predicted molar refractivity (Wildman–Crippen MR) is 106 cm³/mol. The monoisotopic (exact) mass is 407 g/mol. The van der Waals surface area contributed by atoms with E-state index in [2.05, 4.69) is 20.0 Å². The molecule has 0 saturated carbocycles. The fourth-order valence-corrected chi connectivity index (χ4v) is 3.01. The van der Waals surface area contributed by atoms with Crippen molar-refractivity contribution in [3.63, 3.8) is 0 Å². The molecule has 0 aromatic carbocycles. The molecule has 0 radical (unpaired) electrons. The van der Waals surface area contributed by atoms with Crippen LogP contribution in [0.5, 0.6) is 5.88 Å². The number of aromatic nitrogens is 2. The molecule has 1 fully saturated rings. The van der Waals surface area contributed by atoms with Gasteiger partial charge in [0, 0.05) is 11.9 Å². The second-order valence-corrected chi connectivity index (χ2v) is 6.81. The average molecular weight is 407 g/mol. The lowest BCUT2D eigenvalue weighted by molar-refractivity contribution is -0.140. The molecule has 0 spiro atoms. The first-order valence-corrected chi connectivity index (χ1v) is 9.60. The van der Waals surface area contributed by atoms with Gasteiger partial charge in [0.25, 0.3) is 0 Å². The lowest BCUT2D eigenvalue weighted by Crippen LogP contribution is -2.56. The Bertz CT molecular complexity index is 840. The van der Waals surface area contributed by atoms with Gasteiger partial charge in [-0.2, -0.15) is 8.78 Å². The SMILES string of the molecule is CC.Cc1ccc(NC(=O)C2(c3ncccc3C(C)C)COC2)c(OC(F)F)n1. The van der Waals surface area contributed by atoms with Gasteiger partial charge >= 0.3 is 6.61 Å². The van der Waals surface area contributed by atoms with Gasteiger partial charge in [0.05, 0.1) is 18.9 Å². The van der Waals surface area contributed by atoms with E-state index in [9.17, 15) is 13.6 Å². The minimum Gasteiger partial charge on any atom is -0.415 e. The summed E-state index contributed by atoms with van der Waals surface area (Å²) in [6.07, 6.45) is 1.63. The number of alkyl halides is 2. The van der Waals surface area contributed by atoms with Crippen molar-refractivity contribution in [1.82, 2.24) is 9.97 Å². The zero-order valence-corrected chi connectivity index (χ0v) is 17.3. The minimum atomic E-state index is -3.04. The van der Waals surface area contributed by atoms with Crippen molar-refractivity contribution < 1.29 is 23.0 Å². The van der Waals surface area contributed by atoms with E-state index in [1.807, 2.05) is 39.8 Å². The van der Waals surface area contributed by atoms with E-state index in [-0.39, 0.29) is 36.6 Å². The van der Waals surface area contributed by atoms with Crippen LogP contribution in [0.15, 0.2) is 30.5 Å². The maximum absolute atomic E-state index is 13.1. The van der Waals surface area contributed by atoms with Crippen LogP contribution in [-0.2, 0) is 14.9 Å². The number of pyridine rings is 2. The van der Waals surface area contributed by atoms with E-state index in [1.54, 1.807) is 19.2 Å². The van der Waals surface area contributed by atoms with E-state index < -0.39 is 12.0 Å². The van der Waals surface area contributed by atoms with Gasteiger partial charge in [0.2, 0.25) is 11.8 Å². The molecule has 1 aliphatic heterocycles. The first-order valence-electron chi connectivity index (χ1n) is 9.60. The Morgan fingerprint density at radius 3 is 2.48 bits per heavy atom. The largest absolute Gasteiger partial charge is 0.415 e. The smallest absolute Gasteiger partial charge is 0.388 e. The first kappa shape index (κ1) is 22.7. The summed E-state index contributed by atoms with van der Waals surface area (Å²) in [6.45, 7) is 6.97. The Morgan fingerprint density at radius 1 is 1.24 bits per heavy atom. The van der Waals surface area contributed by atoms with Crippen molar-refractivity contribution >= 4 is 11.6 Å². The molecular weight excluding hydrogens is 380 g/mol. The number of hydrogen-bond donors (Lipinski definition) is 1. The molecular formula is C21H27F2N3O3. The number of nitrogens with one attached hydrogen (secondary N) is 1. The van der Waals surface area contributed by atoms with Crippen molar-refractivity contribution in [2.45, 2.75) is 52.6 Å². The van der Waals surface area contributed by atoms with Gasteiger partial charge in [-0.15, -0.1) is 0 Å². The molecule has 0 unspecified atom stereocenters. The highest BCUT2D eigenvalue weighted by atomic mass is 19.3. The summed E-state index contributed by atoms with van der Waals surface area (Å²) in [4.78, 5) is 21.5. The number of hydrogen-bond acceptors (Lipinski definition) is 5. The summed E-state index contributed by atoms with van der Waals surface area (Å²) in [5, 5.41) is 2.67. The van der Waals surface area contributed by atoms with E-state index in [0.717, 1.165) is 5.56 Å². The van der Waals surface area contributed by atoms with Gasteiger partial charge in [0.15, 0.2) is 0 Å². The molecule has 158 valence electrons. The van der Waals surface area contributed by atoms with Crippen molar-refractivity contribution in [3.8, 4) is 5.88 Å². The standard InChI is InChI=1S/C19H21F2N3O3.C2H6/c1-11(2)13-5-4-8-22-15(13)19(9-26-10-19)17(25)24-14-7-6-12(3)23-16(14)27-18(20)21;1-2/h4-8,11,18H,9-10H2,1-3H3,(H,24,25);1-2H3. The number of carbonyl (C=O) groups excluding carboxylic acids is 1. The molecule has 2 aromatic heterocycles. The summed E-state index contributed by atoms with van der Waals surface area (Å²) < 4.78 is 35.2. The molecule has 0 bridgehead atoms. The van der Waals surface area contributed by atoms with E-state index >= 15 is 0 Å². The Balaban J connectivity index is 0.00000145. The minimum absolute atomic E-state index is 0.0826. The van der Waals surface area contributed by atoms with Crippen LogP contribution in [0.25, 0.3) is 0 Å². The summed E-state index contributed by atoms with van der Waals surface area (Å²) in [5.74, 6) is -0.546. The van der Waals surface area contributed by atoms with Crippen molar-refractivity contribution in [3.05, 3.63) is 47.4 Å². The molecule has 1 aliphatic rings. The molecule has 1 saturated heterocycles. The number of rotatable bonds is 6. The Morgan fingerprint density at radius 2 is 1.93 bits per heavy atom. The third-order valence-electron chi connectivity index (χ3n) is 4.49. The number of aryl methyl sites for hydroxylation is 1. The van der Waals surface area contributed by atoms with Crippen LogP contribution in [0.4, 0.5) is 14.5 Å². The Kier molecular flexibility index (Phi) is 7.61. The average Bonchev–Trinajstić information content (AvgIpc) is 2.64. The number of carbonyl (C=O) groups is 1. The molecule has 0 atom stereocenters. The molecule has 8 heteroatoms. The summed E-state index contributed by atoms with van der Waals surface area (Å²) >= 11 is 0. The van der Waals surface area contributed by atoms with Gasteiger partial charge in [0.1, 0.15) is 11.1 Å². The highest BCUT2D eigenvalue weighted by Gasteiger charge is 2.50. The molecule has 29 heavy (non-hydrogen) atoms. The molecule has 3 heterocycles. The lowest BCUT2D eigenvalue weighted by atomic mass is 9.77. The molecule has 1 amide bonds. The Labute approximate surface area is 169 Å². The van der Waals surface area contributed by atoms with Gasteiger partial charge in [-0.05, 0) is 36.6 Å². The fourth-order valence-electron chi connectivity index (χ4n) is 3.01. The van der Waals surface area contributed by atoms with Gasteiger partial charge in [-0.1, -0.05) is 33.8 Å². The molecule has 1 N–H and O–H groups in total. The number of halogens is 2. The zero-order chi connectivity index (χ0) is 21.6. The van der Waals surface area contributed by atoms with Gasteiger partial charge in [-0.3, -0.25) is 9.78 Å². The quantitative estimate of drug-likeness (QED) is 0.766. The maximum Gasteiger partial charge on any atom is 0.388 e. The molecule has 0 aliphatic carbocycles. The normalized spacial score (nSPS) is 14.7. The van der Waals surface area contributed by atoms with Gasteiger partial charge in [-0.25, -0.2) is 4.98 Å². The van der Waals surface area contributed by atoms with Crippen molar-refractivity contribution in [2.24, 2.45) is 0 Å². The van der Waals surface area contributed by atoms with Crippen LogP contribution in [-0.4, -0.2) is 35.7 Å². The molecule has 6 nitrogen and oxygen atoms in total.